The van der Waals surface area contributed by atoms with Gasteiger partial charge in [0.15, 0.2) is 5.16 Å². The van der Waals surface area contributed by atoms with Crippen molar-refractivity contribution in [3.05, 3.63) is 66.1 Å². The summed E-state index contributed by atoms with van der Waals surface area (Å²) in [6.45, 7) is 4.45. The Kier molecular flexibility index (Phi) is 6.99. The highest BCUT2D eigenvalue weighted by Gasteiger charge is 2.16. The van der Waals surface area contributed by atoms with Gasteiger partial charge in [0.25, 0.3) is 0 Å². The molecule has 3 heterocycles. The van der Waals surface area contributed by atoms with Crippen LogP contribution in [0.3, 0.4) is 0 Å². The quantitative estimate of drug-likeness (QED) is 0.550. The fourth-order valence-corrected chi connectivity index (χ4v) is 4.39. The van der Waals surface area contributed by atoms with E-state index in [1.165, 1.54) is 31.0 Å². The zero-order chi connectivity index (χ0) is 21.5. The van der Waals surface area contributed by atoms with Gasteiger partial charge in [-0.15, -0.1) is 0 Å². The van der Waals surface area contributed by atoms with Crippen LogP contribution in [0.4, 0.5) is 16.3 Å². The second-order valence-corrected chi connectivity index (χ2v) is 8.49. The summed E-state index contributed by atoms with van der Waals surface area (Å²) in [6, 6.07) is 11.4. The molecule has 7 nitrogen and oxygen atoms in total. The Morgan fingerprint density at radius 2 is 1.81 bits per heavy atom. The van der Waals surface area contributed by atoms with E-state index in [0.29, 0.717) is 11.7 Å². The first-order valence-electron chi connectivity index (χ1n) is 10.5. The molecule has 8 heteroatoms. The molecule has 1 aromatic carbocycles. The molecule has 0 saturated carbocycles. The van der Waals surface area contributed by atoms with Crippen molar-refractivity contribution in [2.45, 2.75) is 42.8 Å². The first-order chi connectivity index (χ1) is 15.2. The first kappa shape index (κ1) is 21.1. The minimum Gasteiger partial charge on any atom is -0.356 e. The molecule has 3 aromatic rings. The molecule has 0 spiro atoms. The fraction of sp³-hybridized carbons (Fsp3) is 0.304. The zero-order valence-electron chi connectivity index (χ0n) is 17.5. The Labute approximate surface area is 186 Å². The number of nitrogens with one attached hydrogen (secondary N) is 2. The third-order valence-corrected chi connectivity index (χ3v) is 6.04. The van der Waals surface area contributed by atoms with E-state index in [9.17, 15) is 4.79 Å². The number of rotatable bonds is 6. The number of pyridine rings is 1. The van der Waals surface area contributed by atoms with Gasteiger partial charge < -0.3 is 15.5 Å². The summed E-state index contributed by atoms with van der Waals surface area (Å²) >= 11 is 1.49. The summed E-state index contributed by atoms with van der Waals surface area (Å²) in [4.78, 5) is 28.9. The number of piperidine rings is 1. The predicted octanol–water partition coefficient (Wildman–Crippen LogP) is 4.64. The second kappa shape index (κ2) is 10.3. The number of hydrogen-bond donors (Lipinski definition) is 2. The Morgan fingerprint density at radius 3 is 2.58 bits per heavy atom. The minimum absolute atomic E-state index is 0.233. The molecule has 1 aliphatic heterocycles. The van der Waals surface area contributed by atoms with Crippen LogP contribution in [-0.4, -0.2) is 34.1 Å². The van der Waals surface area contributed by atoms with Crippen LogP contribution in [0.2, 0.25) is 0 Å². The van der Waals surface area contributed by atoms with Gasteiger partial charge >= 0.3 is 6.03 Å². The van der Waals surface area contributed by atoms with Crippen molar-refractivity contribution < 1.29 is 4.79 Å². The van der Waals surface area contributed by atoms with Crippen molar-refractivity contribution in [1.82, 2.24) is 20.3 Å². The maximum Gasteiger partial charge on any atom is 0.319 e. The van der Waals surface area contributed by atoms with Crippen LogP contribution in [0.1, 0.15) is 30.4 Å². The molecule has 0 bridgehead atoms. The van der Waals surface area contributed by atoms with Crippen molar-refractivity contribution in [1.29, 1.82) is 0 Å². The second-order valence-electron chi connectivity index (χ2n) is 7.45. The van der Waals surface area contributed by atoms with Crippen LogP contribution >= 0.6 is 11.8 Å². The lowest BCUT2D eigenvalue weighted by molar-refractivity contribution is 0.251. The highest BCUT2D eigenvalue weighted by molar-refractivity contribution is 7.99. The summed E-state index contributed by atoms with van der Waals surface area (Å²) in [5, 5.41) is 6.61. The van der Waals surface area contributed by atoms with Gasteiger partial charge in [-0.3, -0.25) is 0 Å². The van der Waals surface area contributed by atoms with Crippen molar-refractivity contribution >= 4 is 29.3 Å². The molecule has 1 saturated heterocycles. The summed E-state index contributed by atoms with van der Waals surface area (Å²) in [7, 11) is 0. The fourth-order valence-electron chi connectivity index (χ4n) is 3.58. The van der Waals surface area contributed by atoms with E-state index < -0.39 is 0 Å². The van der Waals surface area contributed by atoms with E-state index in [4.69, 9.17) is 0 Å². The summed E-state index contributed by atoms with van der Waals surface area (Å²) < 4.78 is 0. The predicted molar refractivity (Wildman–Crippen MR) is 123 cm³/mol. The molecular formula is C23H26N6OS. The van der Waals surface area contributed by atoms with E-state index in [2.05, 4.69) is 30.5 Å². The van der Waals surface area contributed by atoms with E-state index in [0.717, 1.165) is 40.6 Å². The largest absolute Gasteiger partial charge is 0.356 e. The number of nitrogens with zero attached hydrogens (tertiary/aromatic N) is 4. The number of aryl methyl sites for hydroxylation is 1. The topological polar surface area (TPSA) is 83.0 Å². The Morgan fingerprint density at radius 1 is 1.03 bits per heavy atom. The van der Waals surface area contributed by atoms with Crippen LogP contribution in [0.25, 0.3) is 0 Å². The van der Waals surface area contributed by atoms with E-state index in [-0.39, 0.29) is 6.03 Å². The van der Waals surface area contributed by atoms with Crippen LogP contribution in [0.15, 0.2) is 65.0 Å². The lowest BCUT2D eigenvalue weighted by Gasteiger charge is -2.29. The van der Waals surface area contributed by atoms with Gasteiger partial charge in [-0.1, -0.05) is 6.07 Å². The minimum atomic E-state index is -0.233. The maximum absolute atomic E-state index is 12.5. The lowest BCUT2D eigenvalue weighted by Crippen LogP contribution is -2.33. The van der Waals surface area contributed by atoms with Crippen LogP contribution in [-0.2, 0) is 6.54 Å². The average Bonchev–Trinajstić information content (AvgIpc) is 2.81. The molecule has 0 atom stereocenters. The Bertz CT molecular complexity index is 1020. The maximum atomic E-state index is 12.5. The molecule has 160 valence electrons. The number of carbonyl (C=O) groups excluding carboxylic acids is 1. The molecule has 2 amide bonds. The van der Waals surface area contributed by atoms with E-state index in [1.807, 2.05) is 43.5 Å². The molecule has 0 radical (unpaired) electrons. The molecule has 1 fully saturated rings. The zero-order valence-corrected chi connectivity index (χ0v) is 18.4. The number of amides is 2. The van der Waals surface area contributed by atoms with Gasteiger partial charge in [0.1, 0.15) is 5.82 Å². The number of urea groups is 1. The van der Waals surface area contributed by atoms with E-state index >= 15 is 0 Å². The van der Waals surface area contributed by atoms with Crippen molar-refractivity contribution in [2.75, 3.05) is 23.3 Å². The molecule has 2 N–H and O–H groups in total. The van der Waals surface area contributed by atoms with Crippen molar-refractivity contribution in [3.63, 3.8) is 0 Å². The summed E-state index contributed by atoms with van der Waals surface area (Å²) in [5.74, 6) is 0.975. The molecule has 4 rings (SSSR count). The smallest absolute Gasteiger partial charge is 0.319 e. The molecular weight excluding hydrogens is 408 g/mol. The Hall–Kier alpha value is -3.13. The summed E-state index contributed by atoms with van der Waals surface area (Å²) in [6.07, 6.45) is 8.91. The summed E-state index contributed by atoms with van der Waals surface area (Å²) in [5.41, 5.74) is 2.79. The highest BCUT2D eigenvalue weighted by Crippen LogP contribution is 2.28. The van der Waals surface area contributed by atoms with Gasteiger partial charge in [-0.2, -0.15) is 0 Å². The van der Waals surface area contributed by atoms with Gasteiger partial charge in [0.05, 0.1) is 0 Å². The number of hydrogen-bond acceptors (Lipinski definition) is 6. The Balaban J connectivity index is 1.35. The lowest BCUT2D eigenvalue weighted by atomic mass is 10.1. The third-order valence-electron chi connectivity index (χ3n) is 5.16. The number of anilines is 2. The normalized spacial score (nSPS) is 13.6. The van der Waals surface area contributed by atoms with E-state index in [1.54, 1.807) is 18.5 Å². The van der Waals surface area contributed by atoms with Crippen LogP contribution < -0.4 is 15.5 Å². The first-order valence-corrected chi connectivity index (χ1v) is 11.3. The number of carbonyl (C=O) groups is 1. The van der Waals surface area contributed by atoms with Crippen molar-refractivity contribution in [3.8, 4) is 0 Å². The third kappa shape index (κ3) is 5.73. The van der Waals surface area contributed by atoms with Gasteiger partial charge in [0, 0.05) is 54.4 Å². The standard InChI is InChI=1S/C23H26N6OS/c1-17-15-19(31-23-25-11-6-12-26-23)8-9-20(17)28-22(30)27-16-18-7-5-10-24-21(18)29-13-3-2-4-14-29/h5-12,15H,2-4,13-14,16H2,1H3,(H2,27,28,30). The number of aromatic nitrogens is 3. The molecule has 31 heavy (non-hydrogen) atoms. The average molecular weight is 435 g/mol. The number of benzene rings is 1. The molecule has 0 unspecified atom stereocenters. The van der Waals surface area contributed by atoms with Gasteiger partial charge in [0.2, 0.25) is 0 Å². The highest BCUT2D eigenvalue weighted by atomic mass is 32.2. The molecule has 2 aromatic heterocycles. The van der Waals surface area contributed by atoms with Crippen molar-refractivity contribution in [2.24, 2.45) is 0 Å². The molecule has 1 aliphatic rings. The SMILES string of the molecule is Cc1cc(Sc2ncccn2)ccc1NC(=O)NCc1cccnc1N1CCCCC1. The monoisotopic (exact) mass is 434 g/mol. The van der Waals surface area contributed by atoms with Crippen LogP contribution in [0.5, 0.6) is 0 Å². The van der Waals surface area contributed by atoms with Gasteiger partial charge in [-0.25, -0.2) is 19.7 Å². The molecule has 0 aliphatic carbocycles. The van der Waals surface area contributed by atoms with Crippen LogP contribution in [0, 0.1) is 6.92 Å². The van der Waals surface area contributed by atoms with Gasteiger partial charge in [-0.05, 0) is 73.8 Å².